The summed E-state index contributed by atoms with van der Waals surface area (Å²) in [4.78, 5) is 43.8. The number of carbonyl (C=O) groups is 2. The zero-order valence-corrected chi connectivity index (χ0v) is 27.8. The number of benzene rings is 2. The number of anilines is 2. The monoisotopic (exact) mass is 700 g/mol. The van der Waals surface area contributed by atoms with E-state index < -0.39 is 17.7 Å². The highest BCUT2D eigenvalue weighted by Crippen LogP contribution is 2.31. The maximum Gasteiger partial charge on any atom is 0.433 e. The number of likely N-dealkylation sites (tertiary alicyclic amines) is 1. The van der Waals surface area contributed by atoms with E-state index in [9.17, 15) is 27.2 Å². The molecule has 1 saturated heterocycles. The average molecular weight is 701 g/mol. The van der Waals surface area contributed by atoms with E-state index in [-0.39, 0.29) is 46.8 Å². The van der Waals surface area contributed by atoms with Gasteiger partial charge in [-0.15, -0.1) is 0 Å². The summed E-state index contributed by atoms with van der Waals surface area (Å²) in [6.07, 6.45) is 1.91. The number of hydrogen-bond acceptors (Lipinski definition) is 8. The van der Waals surface area contributed by atoms with Gasteiger partial charge in [0.1, 0.15) is 5.69 Å². The maximum absolute atomic E-state index is 13.7. The summed E-state index contributed by atoms with van der Waals surface area (Å²) in [5.74, 6) is -0.560. The van der Waals surface area contributed by atoms with Crippen molar-refractivity contribution in [3.63, 3.8) is 0 Å². The van der Waals surface area contributed by atoms with Crippen LogP contribution in [0, 0.1) is 17.1 Å². The molecule has 2 aromatic heterocycles. The Labute approximate surface area is 292 Å². The van der Waals surface area contributed by atoms with Crippen molar-refractivity contribution in [3.05, 3.63) is 107 Å². The molecule has 1 fully saturated rings. The van der Waals surface area contributed by atoms with Crippen molar-refractivity contribution < 1.29 is 27.2 Å². The van der Waals surface area contributed by atoms with Crippen LogP contribution in [0.25, 0.3) is 17.0 Å². The van der Waals surface area contributed by atoms with E-state index in [1.165, 1.54) is 12.1 Å². The number of aromatic nitrogens is 3. The number of pyridine rings is 1. The third-order valence-corrected chi connectivity index (χ3v) is 9.22. The molecule has 1 unspecified atom stereocenters. The van der Waals surface area contributed by atoms with Gasteiger partial charge in [-0.1, -0.05) is 30.3 Å². The van der Waals surface area contributed by atoms with Crippen molar-refractivity contribution in [1.29, 1.82) is 5.41 Å². The highest BCUT2D eigenvalue weighted by atomic mass is 19.4. The highest BCUT2D eigenvalue weighted by Gasteiger charge is 2.34. The summed E-state index contributed by atoms with van der Waals surface area (Å²) in [7, 11) is 0. The van der Waals surface area contributed by atoms with Gasteiger partial charge in [-0.2, -0.15) is 13.2 Å². The van der Waals surface area contributed by atoms with Crippen molar-refractivity contribution >= 4 is 34.5 Å². The fourth-order valence-electron chi connectivity index (χ4n) is 6.43. The lowest BCUT2D eigenvalue weighted by molar-refractivity contribution is -0.141. The number of nitrogens with one attached hydrogen (secondary N) is 1. The van der Waals surface area contributed by atoms with Crippen LogP contribution in [0.4, 0.5) is 28.9 Å². The second-order valence-corrected chi connectivity index (χ2v) is 12.5. The van der Waals surface area contributed by atoms with Crippen LogP contribution in [0.15, 0.2) is 79.3 Å². The third-order valence-electron chi connectivity index (χ3n) is 9.22. The van der Waals surface area contributed by atoms with Crippen LogP contribution in [0.1, 0.15) is 42.1 Å². The van der Waals surface area contributed by atoms with Crippen molar-refractivity contribution in [3.8, 4) is 11.4 Å². The largest absolute Gasteiger partial charge is 0.433 e. The number of nitrogens with zero attached hydrogens (tertiary/aromatic N) is 6. The van der Waals surface area contributed by atoms with Crippen LogP contribution in [0.3, 0.4) is 0 Å². The first-order valence-electron chi connectivity index (χ1n) is 16.5. The molecule has 10 nitrogen and oxygen atoms in total. The lowest BCUT2D eigenvalue weighted by Crippen LogP contribution is -2.42. The SMILES string of the molecule is CCN(C(=O)C1CCN(CC(=O)N2CC=C(c3ccc(-c4ncc(F)cn4)cc3)CC2)C1)c1ccc(N)c(C(=N)c2ccnc(C(F)(F)F)c2)c1. The molecule has 0 saturated carbocycles. The highest BCUT2D eigenvalue weighted by molar-refractivity contribution is 6.14. The van der Waals surface area contributed by atoms with Gasteiger partial charge in [0.05, 0.1) is 30.6 Å². The molecule has 6 rings (SSSR count). The van der Waals surface area contributed by atoms with Crippen LogP contribution in [-0.2, 0) is 15.8 Å². The first-order valence-corrected chi connectivity index (χ1v) is 16.5. The molecule has 2 aliphatic rings. The molecule has 2 aromatic carbocycles. The number of carbonyl (C=O) groups excluding carboxylic acids is 2. The predicted molar refractivity (Wildman–Crippen MR) is 185 cm³/mol. The normalized spacial score (nSPS) is 16.5. The van der Waals surface area contributed by atoms with Crippen LogP contribution >= 0.6 is 0 Å². The van der Waals surface area contributed by atoms with Crippen LogP contribution in [0.2, 0.25) is 0 Å². The first-order chi connectivity index (χ1) is 24.4. The zero-order chi connectivity index (χ0) is 36.3. The number of halogens is 4. The summed E-state index contributed by atoms with van der Waals surface area (Å²) in [6, 6.07) is 14.6. The molecule has 51 heavy (non-hydrogen) atoms. The molecule has 2 amide bonds. The molecule has 264 valence electrons. The number of nitrogen functional groups attached to an aromatic ring is 1. The predicted octanol–water partition coefficient (Wildman–Crippen LogP) is 5.69. The quantitative estimate of drug-likeness (QED) is 0.130. The molecule has 0 radical (unpaired) electrons. The fourth-order valence-corrected chi connectivity index (χ4v) is 6.43. The average Bonchev–Trinajstić information content (AvgIpc) is 3.61. The lowest BCUT2D eigenvalue weighted by atomic mass is 9.98. The molecule has 4 aromatic rings. The Hall–Kier alpha value is -5.50. The Kier molecular flexibility index (Phi) is 10.2. The molecular weight excluding hydrogens is 664 g/mol. The minimum absolute atomic E-state index is 0.000202. The molecule has 4 heterocycles. The summed E-state index contributed by atoms with van der Waals surface area (Å²) < 4.78 is 52.9. The van der Waals surface area contributed by atoms with E-state index in [4.69, 9.17) is 11.1 Å². The minimum Gasteiger partial charge on any atom is -0.398 e. The Morgan fingerprint density at radius 1 is 1.00 bits per heavy atom. The number of alkyl halides is 3. The van der Waals surface area contributed by atoms with E-state index in [0.29, 0.717) is 57.1 Å². The van der Waals surface area contributed by atoms with Gasteiger partial charge in [0, 0.05) is 60.4 Å². The second kappa shape index (κ2) is 14.8. The van der Waals surface area contributed by atoms with Gasteiger partial charge in [-0.3, -0.25) is 24.9 Å². The fraction of sp³-hybridized carbons (Fsp3) is 0.297. The number of hydrogen-bond donors (Lipinski definition) is 2. The van der Waals surface area contributed by atoms with E-state index in [1.54, 1.807) is 17.0 Å². The standard InChI is InChI=1S/C37H36F4N8O2/c1-2-49(29-7-8-31(42)30(18-29)34(43)26-9-13-44-32(17-26)37(39,40)41)36(51)27-10-14-47(21-27)22-33(50)48-15-11-24(12-16-48)23-3-5-25(6-4-23)35-45-19-28(38)20-46-35/h3-9,11,13,17-20,27,43H,2,10,12,14-16,21-22,42H2,1H3. The molecule has 2 aliphatic heterocycles. The summed E-state index contributed by atoms with van der Waals surface area (Å²) in [6.45, 7) is 4.38. The van der Waals surface area contributed by atoms with Gasteiger partial charge < -0.3 is 15.5 Å². The van der Waals surface area contributed by atoms with Gasteiger partial charge >= 0.3 is 6.18 Å². The Morgan fingerprint density at radius 2 is 1.73 bits per heavy atom. The Morgan fingerprint density at radius 3 is 2.39 bits per heavy atom. The van der Waals surface area contributed by atoms with E-state index in [1.807, 2.05) is 47.1 Å². The third kappa shape index (κ3) is 7.96. The molecular formula is C37H36F4N8O2. The van der Waals surface area contributed by atoms with Gasteiger partial charge in [0.2, 0.25) is 11.8 Å². The first kappa shape index (κ1) is 35.3. The zero-order valence-electron chi connectivity index (χ0n) is 27.8. The van der Waals surface area contributed by atoms with Gasteiger partial charge in [0.15, 0.2) is 11.6 Å². The van der Waals surface area contributed by atoms with E-state index >= 15 is 0 Å². The van der Waals surface area contributed by atoms with Crippen molar-refractivity contribution in [2.45, 2.75) is 25.9 Å². The van der Waals surface area contributed by atoms with Crippen LogP contribution < -0.4 is 10.6 Å². The Bertz CT molecular complexity index is 1960. The molecule has 3 N–H and O–H groups in total. The Balaban J connectivity index is 1.05. The van der Waals surface area contributed by atoms with Gasteiger partial charge in [-0.05, 0) is 67.8 Å². The van der Waals surface area contributed by atoms with Crippen molar-refractivity contribution in [2.24, 2.45) is 5.92 Å². The molecule has 14 heteroatoms. The van der Waals surface area contributed by atoms with Gasteiger partial charge in [0.25, 0.3) is 0 Å². The van der Waals surface area contributed by atoms with Crippen LogP contribution in [-0.4, -0.2) is 81.5 Å². The van der Waals surface area contributed by atoms with Crippen molar-refractivity contribution in [2.75, 3.05) is 49.9 Å². The van der Waals surface area contributed by atoms with E-state index in [0.717, 1.165) is 41.4 Å². The molecule has 0 aliphatic carbocycles. The topological polar surface area (TPSA) is 132 Å². The lowest BCUT2D eigenvalue weighted by Gasteiger charge is -2.29. The summed E-state index contributed by atoms with van der Waals surface area (Å²) in [5.41, 5.74) is 8.63. The number of amides is 2. The van der Waals surface area contributed by atoms with Gasteiger partial charge in [-0.25, -0.2) is 14.4 Å². The smallest absolute Gasteiger partial charge is 0.398 e. The number of nitrogens with two attached hydrogens (primary N) is 1. The second-order valence-electron chi connectivity index (χ2n) is 12.5. The van der Waals surface area contributed by atoms with Crippen LogP contribution in [0.5, 0.6) is 0 Å². The summed E-state index contributed by atoms with van der Waals surface area (Å²) >= 11 is 0. The molecule has 0 bridgehead atoms. The molecule has 1 atom stereocenters. The summed E-state index contributed by atoms with van der Waals surface area (Å²) in [5, 5.41) is 8.62. The van der Waals surface area contributed by atoms with E-state index in [2.05, 4.69) is 15.0 Å². The number of rotatable bonds is 9. The molecule has 0 spiro atoms. The minimum atomic E-state index is -4.66. The van der Waals surface area contributed by atoms with Crippen molar-refractivity contribution in [1.82, 2.24) is 24.8 Å². The maximum atomic E-state index is 13.7.